The Kier molecular flexibility index (Phi) is 9.79. The van der Waals surface area contributed by atoms with Gasteiger partial charge in [0.25, 0.3) is 23.2 Å². The van der Waals surface area contributed by atoms with Crippen molar-refractivity contribution < 1.29 is 29.0 Å². The second-order valence-corrected chi connectivity index (χ2v) is 8.51. The summed E-state index contributed by atoms with van der Waals surface area (Å²) in [5.74, 6) is -1.84. The number of hydrogen-bond donors (Lipinski definition) is 2. The van der Waals surface area contributed by atoms with E-state index in [0.717, 1.165) is 19.3 Å². The van der Waals surface area contributed by atoms with Crippen LogP contribution in [0.4, 0.5) is 22.7 Å². The van der Waals surface area contributed by atoms with Crippen molar-refractivity contribution in [2.24, 2.45) is 0 Å². The van der Waals surface area contributed by atoms with E-state index in [1.807, 2.05) is 0 Å². The summed E-state index contributed by atoms with van der Waals surface area (Å²) in [6.45, 7) is 2.28. The summed E-state index contributed by atoms with van der Waals surface area (Å²) in [5.41, 5.74) is 0.335. The van der Waals surface area contributed by atoms with Crippen molar-refractivity contribution in [2.45, 2.75) is 32.6 Å². The number of nitro benzene ring substituents is 2. The Morgan fingerprint density at radius 1 is 0.692 bits per heavy atom. The highest BCUT2D eigenvalue weighted by Gasteiger charge is 2.16. The molecular weight excluding hydrogens is 508 g/mol. The van der Waals surface area contributed by atoms with Crippen molar-refractivity contribution in [3.05, 3.63) is 104 Å². The van der Waals surface area contributed by atoms with Crippen LogP contribution < -0.4 is 10.6 Å². The minimum atomic E-state index is -0.649. The highest BCUT2D eigenvalue weighted by Crippen LogP contribution is 2.23. The number of nitrogens with one attached hydrogen (secondary N) is 2. The zero-order valence-electron chi connectivity index (χ0n) is 21.0. The number of carbonyl (C=O) groups is 3. The maximum Gasteiger partial charge on any atom is 0.338 e. The molecule has 0 heterocycles. The van der Waals surface area contributed by atoms with Crippen LogP contribution in [0.1, 0.15) is 63.7 Å². The average molecular weight is 535 g/mol. The lowest BCUT2D eigenvalue weighted by Gasteiger charge is -2.12. The number of ether oxygens (including phenoxy) is 1. The van der Waals surface area contributed by atoms with Crippen LogP contribution in [-0.4, -0.2) is 34.2 Å². The Bertz CT molecular complexity index is 1280. The Morgan fingerprint density at radius 2 is 1.15 bits per heavy atom. The van der Waals surface area contributed by atoms with E-state index in [4.69, 9.17) is 4.74 Å². The quantitative estimate of drug-likeness (QED) is 0.128. The Labute approximate surface area is 223 Å². The molecule has 0 fully saturated rings. The molecule has 0 aromatic heterocycles. The summed E-state index contributed by atoms with van der Waals surface area (Å²) in [7, 11) is 0. The first-order valence-electron chi connectivity index (χ1n) is 12.1. The van der Waals surface area contributed by atoms with Gasteiger partial charge in [0.2, 0.25) is 0 Å². The van der Waals surface area contributed by atoms with Crippen LogP contribution in [0.25, 0.3) is 0 Å². The van der Waals surface area contributed by atoms with Crippen LogP contribution in [0, 0.1) is 20.2 Å². The molecule has 0 saturated heterocycles. The molecule has 0 bridgehead atoms. The molecule has 3 aromatic carbocycles. The minimum Gasteiger partial charge on any atom is -0.462 e. The maximum absolute atomic E-state index is 12.8. The maximum atomic E-state index is 12.8. The van der Waals surface area contributed by atoms with Gasteiger partial charge in [0.05, 0.1) is 22.0 Å². The van der Waals surface area contributed by atoms with E-state index < -0.39 is 27.6 Å². The van der Waals surface area contributed by atoms with Gasteiger partial charge >= 0.3 is 5.97 Å². The van der Waals surface area contributed by atoms with E-state index in [0.29, 0.717) is 6.42 Å². The van der Waals surface area contributed by atoms with Gasteiger partial charge in [-0.05, 0) is 48.9 Å². The second-order valence-electron chi connectivity index (χ2n) is 8.51. The van der Waals surface area contributed by atoms with Gasteiger partial charge in [-0.25, -0.2) is 4.79 Å². The molecule has 0 unspecified atom stereocenters. The largest absolute Gasteiger partial charge is 0.462 e. The first-order valence-corrected chi connectivity index (χ1v) is 12.1. The Hall–Kier alpha value is -5.13. The molecule has 3 aromatic rings. The van der Waals surface area contributed by atoms with Crippen LogP contribution in [0.5, 0.6) is 0 Å². The van der Waals surface area contributed by atoms with Gasteiger partial charge in [-0.15, -0.1) is 0 Å². The van der Waals surface area contributed by atoms with Crippen molar-refractivity contribution in [3.63, 3.8) is 0 Å². The molecule has 0 spiro atoms. The molecule has 2 amide bonds. The molecule has 0 atom stereocenters. The Balaban J connectivity index is 1.82. The number of unbranched alkanes of at least 4 members (excludes halogenated alkanes) is 3. The molecule has 0 aliphatic carbocycles. The predicted molar refractivity (Wildman–Crippen MR) is 143 cm³/mol. The van der Waals surface area contributed by atoms with E-state index in [2.05, 4.69) is 17.6 Å². The molecule has 202 valence electrons. The molecule has 0 aliphatic heterocycles. The van der Waals surface area contributed by atoms with E-state index in [9.17, 15) is 34.6 Å². The molecule has 2 N–H and O–H groups in total. The SMILES string of the molecule is CCCCCCOC(=O)c1cc(NC(=O)c2ccc([N+](=O)[O-])cc2)cc(NC(=O)c2ccc([N+](=O)[O-])cc2)c1. The third kappa shape index (κ3) is 8.18. The molecule has 12 heteroatoms. The van der Waals surface area contributed by atoms with Crippen LogP contribution >= 0.6 is 0 Å². The Morgan fingerprint density at radius 3 is 1.56 bits per heavy atom. The van der Waals surface area contributed by atoms with Gasteiger partial charge in [0.1, 0.15) is 0 Å². The lowest BCUT2D eigenvalue weighted by atomic mass is 10.1. The van der Waals surface area contributed by atoms with E-state index in [1.54, 1.807) is 0 Å². The summed E-state index contributed by atoms with van der Waals surface area (Å²) in [6.07, 6.45) is 3.65. The summed E-state index contributed by atoms with van der Waals surface area (Å²) >= 11 is 0. The molecule has 0 aliphatic rings. The number of rotatable bonds is 12. The summed E-state index contributed by atoms with van der Waals surface area (Å²) < 4.78 is 5.34. The van der Waals surface area contributed by atoms with Gasteiger partial charge < -0.3 is 15.4 Å². The summed E-state index contributed by atoms with van der Waals surface area (Å²) in [6, 6.07) is 14.1. The van der Waals surface area contributed by atoms with Gasteiger partial charge in [0.15, 0.2) is 0 Å². The lowest BCUT2D eigenvalue weighted by Crippen LogP contribution is -2.16. The number of hydrogen-bond acceptors (Lipinski definition) is 8. The van der Waals surface area contributed by atoms with Crippen molar-refractivity contribution in [2.75, 3.05) is 17.2 Å². The van der Waals surface area contributed by atoms with E-state index >= 15 is 0 Å². The molecule has 3 rings (SSSR count). The molecule has 0 saturated carbocycles. The van der Waals surface area contributed by atoms with Crippen LogP contribution in [0.3, 0.4) is 0 Å². The standard InChI is InChI=1S/C27H26N4O8/c1-2-3-4-5-14-39-27(34)20-15-21(28-25(32)18-6-10-23(11-7-18)30(35)36)17-22(16-20)29-26(33)19-8-12-24(13-9-19)31(37)38/h6-13,15-17H,2-5,14H2,1H3,(H,28,32)(H,29,33). The highest BCUT2D eigenvalue weighted by atomic mass is 16.6. The molecule has 0 radical (unpaired) electrons. The number of non-ortho nitro benzene ring substituents is 2. The lowest BCUT2D eigenvalue weighted by molar-refractivity contribution is -0.385. The summed E-state index contributed by atoms with van der Waals surface area (Å²) in [4.78, 5) is 58.8. The monoisotopic (exact) mass is 534 g/mol. The number of amides is 2. The van der Waals surface area contributed by atoms with Crippen molar-refractivity contribution in [3.8, 4) is 0 Å². The number of carbonyl (C=O) groups excluding carboxylic acids is 3. The predicted octanol–water partition coefficient (Wildman–Crippen LogP) is 5.74. The van der Waals surface area contributed by atoms with E-state index in [1.165, 1.54) is 66.7 Å². The zero-order valence-corrected chi connectivity index (χ0v) is 21.0. The number of nitrogens with zero attached hydrogens (tertiary/aromatic N) is 2. The third-order valence-corrected chi connectivity index (χ3v) is 5.60. The zero-order chi connectivity index (χ0) is 28.4. The van der Waals surface area contributed by atoms with Crippen molar-refractivity contribution in [1.82, 2.24) is 0 Å². The molecule has 39 heavy (non-hydrogen) atoms. The number of benzene rings is 3. The number of anilines is 2. The molecular formula is C27H26N4O8. The highest BCUT2D eigenvalue weighted by molar-refractivity contribution is 6.07. The second kappa shape index (κ2) is 13.4. The fourth-order valence-corrected chi connectivity index (χ4v) is 3.54. The fourth-order valence-electron chi connectivity index (χ4n) is 3.54. The van der Waals surface area contributed by atoms with E-state index in [-0.39, 0.29) is 46.0 Å². The third-order valence-electron chi connectivity index (χ3n) is 5.60. The smallest absolute Gasteiger partial charge is 0.338 e. The van der Waals surface area contributed by atoms with Crippen LogP contribution in [0.2, 0.25) is 0 Å². The van der Waals surface area contributed by atoms with Crippen LogP contribution in [-0.2, 0) is 4.74 Å². The van der Waals surface area contributed by atoms with Gasteiger partial charge in [-0.1, -0.05) is 26.2 Å². The average Bonchev–Trinajstić information content (AvgIpc) is 2.92. The van der Waals surface area contributed by atoms with Gasteiger partial charge in [-0.2, -0.15) is 0 Å². The van der Waals surface area contributed by atoms with Crippen molar-refractivity contribution >= 4 is 40.5 Å². The molecule has 12 nitrogen and oxygen atoms in total. The van der Waals surface area contributed by atoms with Gasteiger partial charge in [-0.3, -0.25) is 29.8 Å². The number of esters is 1. The van der Waals surface area contributed by atoms with Gasteiger partial charge in [0, 0.05) is 46.8 Å². The first-order chi connectivity index (χ1) is 18.7. The fraction of sp³-hybridized carbons (Fsp3) is 0.222. The normalized spacial score (nSPS) is 10.4. The topological polar surface area (TPSA) is 171 Å². The summed E-state index contributed by atoms with van der Waals surface area (Å²) in [5, 5.41) is 27.0. The van der Waals surface area contributed by atoms with Crippen molar-refractivity contribution in [1.29, 1.82) is 0 Å². The number of nitro groups is 2. The first kappa shape index (κ1) is 28.4. The van der Waals surface area contributed by atoms with Crippen LogP contribution in [0.15, 0.2) is 66.7 Å². The minimum absolute atomic E-state index is 0.0750.